The summed E-state index contributed by atoms with van der Waals surface area (Å²) in [6, 6.07) is 8.98. The van der Waals surface area contributed by atoms with Crippen molar-refractivity contribution in [3.63, 3.8) is 0 Å². The maximum Gasteiger partial charge on any atom is 0.374 e. The second-order valence-corrected chi connectivity index (χ2v) is 5.67. The fourth-order valence-electron chi connectivity index (χ4n) is 2.58. The Labute approximate surface area is 144 Å². The van der Waals surface area contributed by atoms with Crippen molar-refractivity contribution in [3.8, 4) is 0 Å². The molecule has 6 heteroatoms. The van der Waals surface area contributed by atoms with Crippen LogP contribution in [0.2, 0.25) is 0 Å². The number of fused-ring (bicyclic) bond motifs is 1. The van der Waals surface area contributed by atoms with Crippen LogP contribution in [0.4, 0.5) is 0 Å². The first kappa shape index (κ1) is 16.7. The second kappa shape index (κ2) is 6.76. The molecule has 128 valence electrons. The summed E-state index contributed by atoms with van der Waals surface area (Å²) in [7, 11) is 1.26. The number of ether oxygens (including phenoxy) is 2. The molecule has 3 aromatic rings. The molecule has 0 saturated heterocycles. The number of pyridine rings is 1. The molecule has 0 radical (unpaired) electrons. The van der Waals surface area contributed by atoms with Gasteiger partial charge in [0, 0.05) is 16.6 Å². The van der Waals surface area contributed by atoms with Gasteiger partial charge in [-0.2, -0.15) is 0 Å². The molecular formula is C19H17NO5. The van der Waals surface area contributed by atoms with Crippen LogP contribution in [0.15, 0.2) is 41.0 Å². The molecule has 0 atom stereocenters. The van der Waals surface area contributed by atoms with Gasteiger partial charge in [-0.05, 0) is 38.1 Å². The van der Waals surface area contributed by atoms with Crippen LogP contribution in [0.25, 0.3) is 10.9 Å². The maximum absolute atomic E-state index is 12.6. The number of hydrogen-bond donors (Lipinski definition) is 0. The number of aryl methyl sites for hydroxylation is 2. The number of methoxy groups -OCH3 is 1. The highest BCUT2D eigenvalue weighted by atomic mass is 16.5. The zero-order valence-corrected chi connectivity index (χ0v) is 14.2. The van der Waals surface area contributed by atoms with Crippen molar-refractivity contribution in [2.75, 3.05) is 7.11 Å². The van der Waals surface area contributed by atoms with E-state index in [2.05, 4.69) is 9.72 Å². The number of furan rings is 1. The lowest BCUT2D eigenvalue weighted by Gasteiger charge is -2.09. The van der Waals surface area contributed by atoms with E-state index in [4.69, 9.17) is 9.15 Å². The standard InChI is InChI=1S/C19H17NO5/c1-11-4-5-16-14(8-11)15(9-12(2)20-16)18(21)25-10-13-6-7-24-17(13)19(22)23-3/h4-9H,10H2,1-3H3. The Morgan fingerprint density at radius 1 is 1.12 bits per heavy atom. The molecule has 0 unspecified atom stereocenters. The summed E-state index contributed by atoms with van der Waals surface area (Å²) < 4.78 is 15.1. The average molecular weight is 339 g/mol. The summed E-state index contributed by atoms with van der Waals surface area (Å²) in [5, 5.41) is 0.732. The van der Waals surface area contributed by atoms with Crippen LogP contribution in [0.1, 0.15) is 37.7 Å². The minimum atomic E-state index is -0.614. The molecule has 0 fully saturated rings. The summed E-state index contributed by atoms with van der Waals surface area (Å²) >= 11 is 0. The van der Waals surface area contributed by atoms with Gasteiger partial charge in [0.2, 0.25) is 5.76 Å². The lowest BCUT2D eigenvalue weighted by atomic mass is 10.1. The number of carbonyl (C=O) groups is 2. The van der Waals surface area contributed by atoms with Gasteiger partial charge in [-0.25, -0.2) is 9.59 Å². The van der Waals surface area contributed by atoms with E-state index in [9.17, 15) is 9.59 Å². The number of hydrogen-bond acceptors (Lipinski definition) is 6. The fourth-order valence-corrected chi connectivity index (χ4v) is 2.58. The van der Waals surface area contributed by atoms with Gasteiger partial charge < -0.3 is 13.9 Å². The third kappa shape index (κ3) is 3.38. The van der Waals surface area contributed by atoms with Gasteiger partial charge >= 0.3 is 11.9 Å². The number of benzene rings is 1. The van der Waals surface area contributed by atoms with Crippen molar-refractivity contribution in [2.24, 2.45) is 0 Å². The van der Waals surface area contributed by atoms with Gasteiger partial charge in [0.05, 0.1) is 24.5 Å². The maximum atomic E-state index is 12.6. The molecule has 1 aromatic carbocycles. The number of esters is 2. The van der Waals surface area contributed by atoms with Crippen LogP contribution in [-0.4, -0.2) is 24.0 Å². The summed E-state index contributed by atoms with van der Waals surface area (Å²) in [6.45, 7) is 3.68. The molecule has 6 nitrogen and oxygen atoms in total. The van der Waals surface area contributed by atoms with Crippen molar-refractivity contribution in [3.05, 3.63) is 64.7 Å². The summed E-state index contributed by atoms with van der Waals surface area (Å²) in [4.78, 5) is 28.6. The third-order valence-corrected chi connectivity index (χ3v) is 3.79. The van der Waals surface area contributed by atoms with Crippen molar-refractivity contribution >= 4 is 22.8 Å². The number of nitrogens with zero attached hydrogens (tertiary/aromatic N) is 1. The largest absolute Gasteiger partial charge is 0.463 e. The van der Waals surface area contributed by atoms with Crippen molar-refractivity contribution in [1.82, 2.24) is 4.98 Å². The van der Waals surface area contributed by atoms with Crippen molar-refractivity contribution < 1.29 is 23.5 Å². The Morgan fingerprint density at radius 3 is 2.68 bits per heavy atom. The first-order valence-corrected chi connectivity index (χ1v) is 7.69. The molecule has 25 heavy (non-hydrogen) atoms. The fraction of sp³-hybridized carbons (Fsp3) is 0.211. The number of aromatic nitrogens is 1. The highest BCUT2D eigenvalue weighted by Crippen LogP contribution is 2.22. The molecule has 0 amide bonds. The Hall–Kier alpha value is -3.15. The molecule has 0 bridgehead atoms. The monoisotopic (exact) mass is 339 g/mol. The van der Waals surface area contributed by atoms with E-state index in [1.54, 1.807) is 12.1 Å². The van der Waals surface area contributed by atoms with E-state index >= 15 is 0 Å². The third-order valence-electron chi connectivity index (χ3n) is 3.79. The van der Waals surface area contributed by atoms with E-state index in [-0.39, 0.29) is 12.4 Å². The van der Waals surface area contributed by atoms with Gasteiger partial charge in [0.15, 0.2) is 0 Å². The zero-order chi connectivity index (χ0) is 18.0. The average Bonchev–Trinajstić information content (AvgIpc) is 3.07. The predicted octanol–water partition coefficient (Wildman–Crippen LogP) is 3.59. The molecule has 0 aliphatic heterocycles. The van der Waals surface area contributed by atoms with Crippen LogP contribution < -0.4 is 0 Å². The van der Waals surface area contributed by atoms with E-state index in [0.717, 1.165) is 22.2 Å². The smallest absolute Gasteiger partial charge is 0.374 e. The minimum Gasteiger partial charge on any atom is -0.463 e. The van der Waals surface area contributed by atoms with E-state index < -0.39 is 11.9 Å². The van der Waals surface area contributed by atoms with E-state index in [0.29, 0.717) is 11.1 Å². The van der Waals surface area contributed by atoms with Gasteiger partial charge in [0.25, 0.3) is 0 Å². The van der Waals surface area contributed by atoms with Gasteiger partial charge in [-0.1, -0.05) is 11.6 Å². The second-order valence-electron chi connectivity index (χ2n) is 5.67. The molecule has 3 rings (SSSR count). The quantitative estimate of drug-likeness (QED) is 0.676. The Kier molecular flexibility index (Phi) is 4.52. The summed E-state index contributed by atoms with van der Waals surface area (Å²) in [5.74, 6) is -1.07. The highest BCUT2D eigenvalue weighted by molar-refractivity contribution is 6.03. The molecular weight excluding hydrogens is 322 g/mol. The summed E-state index contributed by atoms with van der Waals surface area (Å²) in [6.07, 6.45) is 1.35. The summed E-state index contributed by atoms with van der Waals surface area (Å²) in [5.41, 5.74) is 3.37. The number of carbonyl (C=O) groups excluding carboxylic acids is 2. The number of rotatable bonds is 4. The molecule has 0 spiro atoms. The van der Waals surface area contributed by atoms with E-state index in [1.165, 1.54) is 13.4 Å². The van der Waals surface area contributed by atoms with Gasteiger partial charge in [-0.15, -0.1) is 0 Å². The highest BCUT2D eigenvalue weighted by Gasteiger charge is 2.19. The Morgan fingerprint density at radius 2 is 1.92 bits per heavy atom. The van der Waals surface area contributed by atoms with Gasteiger partial charge in [0.1, 0.15) is 6.61 Å². The van der Waals surface area contributed by atoms with Crippen LogP contribution in [0.3, 0.4) is 0 Å². The SMILES string of the molecule is COC(=O)c1occc1COC(=O)c1cc(C)nc2ccc(C)cc12. The van der Waals surface area contributed by atoms with Crippen LogP contribution in [0, 0.1) is 13.8 Å². The van der Waals surface area contributed by atoms with Crippen molar-refractivity contribution in [2.45, 2.75) is 20.5 Å². The van der Waals surface area contributed by atoms with Crippen LogP contribution in [0.5, 0.6) is 0 Å². The molecule has 2 heterocycles. The van der Waals surface area contributed by atoms with Crippen molar-refractivity contribution in [1.29, 1.82) is 0 Å². The zero-order valence-electron chi connectivity index (χ0n) is 14.2. The topological polar surface area (TPSA) is 78.6 Å². The van der Waals surface area contributed by atoms with E-state index in [1.807, 2.05) is 32.0 Å². The molecule has 0 aliphatic carbocycles. The first-order valence-electron chi connectivity index (χ1n) is 7.69. The molecule has 0 N–H and O–H groups in total. The minimum absolute atomic E-state index is 0.0295. The molecule has 2 aromatic heterocycles. The first-order chi connectivity index (χ1) is 12.0. The lowest BCUT2D eigenvalue weighted by molar-refractivity contribution is 0.0455. The molecule has 0 aliphatic rings. The Balaban J connectivity index is 1.87. The molecule has 0 saturated carbocycles. The van der Waals surface area contributed by atoms with Crippen LogP contribution >= 0.6 is 0 Å². The van der Waals surface area contributed by atoms with Crippen LogP contribution in [-0.2, 0) is 16.1 Å². The lowest BCUT2D eigenvalue weighted by Crippen LogP contribution is -2.09. The predicted molar refractivity (Wildman–Crippen MR) is 90.4 cm³/mol. The Bertz CT molecular complexity index is 958. The normalized spacial score (nSPS) is 10.7. The van der Waals surface area contributed by atoms with Gasteiger partial charge in [-0.3, -0.25) is 4.98 Å².